The van der Waals surface area contributed by atoms with Crippen LogP contribution in [0.1, 0.15) is 44.9 Å². The zero-order valence-corrected chi connectivity index (χ0v) is 13.1. The van der Waals surface area contributed by atoms with Gasteiger partial charge in [0.2, 0.25) is 0 Å². The summed E-state index contributed by atoms with van der Waals surface area (Å²) in [4.78, 5) is 17.2. The monoisotopic (exact) mass is 299 g/mol. The highest BCUT2D eigenvalue weighted by Gasteiger charge is 2.35. The number of benzene rings is 1. The molecule has 2 amide bonds. The lowest BCUT2D eigenvalue weighted by Crippen LogP contribution is -2.51. The molecule has 2 saturated carbocycles. The number of urea groups is 1. The molecule has 0 aromatic heterocycles. The van der Waals surface area contributed by atoms with Crippen molar-refractivity contribution in [1.82, 2.24) is 5.32 Å². The summed E-state index contributed by atoms with van der Waals surface area (Å²) in [6.45, 7) is 1.76. The summed E-state index contributed by atoms with van der Waals surface area (Å²) >= 11 is 0. The molecular weight excluding hydrogens is 274 g/mol. The molecule has 4 nitrogen and oxygen atoms in total. The first-order chi connectivity index (χ1) is 10.8. The van der Waals surface area contributed by atoms with Crippen LogP contribution >= 0.6 is 0 Å². The van der Waals surface area contributed by atoms with Gasteiger partial charge in [0.15, 0.2) is 0 Å². The lowest BCUT2D eigenvalue weighted by atomic mass is 9.96. The van der Waals surface area contributed by atoms with Crippen molar-refractivity contribution in [3.8, 4) is 0 Å². The van der Waals surface area contributed by atoms with E-state index in [9.17, 15) is 4.79 Å². The summed E-state index contributed by atoms with van der Waals surface area (Å²) < 4.78 is 0. The van der Waals surface area contributed by atoms with Crippen LogP contribution in [0.3, 0.4) is 0 Å². The number of hydrogen-bond acceptors (Lipinski definition) is 2. The molecule has 0 atom stereocenters. The Morgan fingerprint density at radius 1 is 0.955 bits per heavy atom. The molecule has 22 heavy (non-hydrogen) atoms. The Bertz CT molecular complexity index is 549. The molecule has 0 unspecified atom stereocenters. The molecule has 1 aliphatic heterocycles. The van der Waals surface area contributed by atoms with Crippen LogP contribution in [0.5, 0.6) is 0 Å². The number of nitrogens with zero attached hydrogens (tertiary/aromatic N) is 2. The number of amides is 2. The van der Waals surface area contributed by atoms with Gasteiger partial charge in [0.05, 0.1) is 11.4 Å². The summed E-state index contributed by atoms with van der Waals surface area (Å²) in [6, 6.07) is 9.53. The first-order valence-corrected chi connectivity index (χ1v) is 8.76. The van der Waals surface area contributed by atoms with Gasteiger partial charge in [0.1, 0.15) is 0 Å². The Hall–Kier alpha value is -1.71. The maximum absolute atomic E-state index is 12.7. The molecule has 0 saturated heterocycles. The summed E-state index contributed by atoms with van der Waals surface area (Å²) in [6.07, 6.45) is 8.67. The molecule has 0 spiro atoms. The highest BCUT2D eigenvalue weighted by Crippen LogP contribution is 2.39. The third-order valence-corrected chi connectivity index (χ3v) is 5.21. The van der Waals surface area contributed by atoms with E-state index >= 15 is 0 Å². The average Bonchev–Trinajstić information content (AvgIpc) is 3.39. The Balaban J connectivity index is 1.51. The predicted molar refractivity (Wildman–Crippen MR) is 89.6 cm³/mol. The van der Waals surface area contributed by atoms with Crippen molar-refractivity contribution in [3.63, 3.8) is 0 Å². The van der Waals surface area contributed by atoms with Crippen LogP contribution in [0, 0.1) is 0 Å². The zero-order valence-electron chi connectivity index (χ0n) is 13.1. The summed E-state index contributed by atoms with van der Waals surface area (Å²) in [7, 11) is 0. The van der Waals surface area contributed by atoms with Crippen LogP contribution in [0.2, 0.25) is 0 Å². The van der Waals surface area contributed by atoms with Gasteiger partial charge in [-0.1, -0.05) is 31.4 Å². The lowest BCUT2D eigenvalue weighted by Gasteiger charge is -2.38. The van der Waals surface area contributed by atoms with Crippen LogP contribution in [-0.2, 0) is 0 Å². The number of rotatable bonds is 2. The van der Waals surface area contributed by atoms with Crippen LogP contribution in [-0.4, -0.2) is 31.2 Å². The highest BCUT2D eigenvalue weighted by molar-refractivity contribution is 5.97. The third kappa shape index (κ3) is 2.67. The normalized spacial score (nSPS) is 22.4. The Morgan fingerprint density at radius 2 is 1.68 bits per heavy atom. The van der Waals surface area contributed by atoms with Gasteiger partial charge in [-0.3, -0.25) is 4.90 Å². The minimum Gasteiger partial charge on any atom is -0.365 e. The van der Waals surface area contributed by atoms with E-state index in [1.54, 1.807) is 0 Å². The number of para-hydroxylation sites is 2. The maximum Gasteiger partial charge on any atom is 0.322 e. The van der Waals surface area contributed by atoms with Gasteiger partial charge >= 0.3 is 6.03 Å². The topological polar surface area (TPSA) is 35.6 Å². The smallest absolute Gasteiger partial charge is 0.322 e. The predicted octanol–water partition coefficient (Wildman–Crippen LogP) is 3.52. The molecule has 1 N–H and O–H groups in total. The minimum atomic E-state index is 0.0924. The summed E-state index contributed by atoms with van der Waals surface area (Å²) in [5.74, 6) is 0. The molecule has 0 bridgehead atoms. The second-order valence-electron chi connectivity index (χ2n) is 6.85. The SMILES string of the molecule is O=C(NC1CCCCC1)N1CCN(C2CC2)c2ccccc21. The Labute approximate surface area is 132 Å². The fraction of sp³-hybridized carbons (Fsp3) is 0.611. The van der Waals surface area contributed by atoms with E-state index in [2.05, 4.69) is 28.4 Å². The van der Waals surface area contributed by atoms with E-state index in [4.69, 9.17) is 0 Å². The lowest BCUT2D eigenvalue weighted by molar-refractivity contribution is 0.238. The van der Waals surface area contributed by atoms with E-state index in [0.29, 0.717) is 12.1 Å². The van der Waals surface area contributed by atoms with Crippen molar-refractivity contribution < 1.29 is 4.79 Å². The molecule has 1 aromatic carbocycles. The van der Waals surface area contributed by atoms with Gasteiger partial charge in [-0.2, -0.15) is 0 Å². The van der Waals surface area contributed by atoms with Crippen molar-refractivity contribution in [2.24, 2.45) is 0 Å². The van der Waals surface area contributed by atoms with E-state index < -0.39 is 0 Å². The maximum atomic E-state index is 12.7. The third-order valence-electron chi connectivity index (χ3n) is 5.21. The van der Waals surface area contributed by atoms with Gasteiger partial charge < -0.3 is 10.2 Å². The van der Waals surface area contributed by atoms with Gasteiger partial charge in [-0.05, 0) is 37.8 Å². The van der Waals surface area contributed by atoms with E-state index in [1.165, 1.54) is 37.8 Å². The summed E-state index contributed by atoms with van der Waals surface area (Å²) in [5.41, 5.74) is 2.31. The van der Waals surface area contributed by atoms with Crippen LogP contribution in [0.15, 0.2) is 24.3 Å². The van der Waals surface area contributed by atoms with Gasteiger partial charge in [-0.15, -0.1) is 0 Å². The second-order valence-corrected chi connectivity index (χ2v) is 6.85. The van der Waals surface area contributed by atoms with Crippen molar-refractivity contribution in [2.75, 3.05) is 22.9 Å². The molecule has 118 valence electrons. The number of anilines is 2. The van der Waals surface area contributed by atoms with E-state index in [-0.39, 0.29) is 6.03 Å². The van der Waals surface area contributed by atoms with Crippen LogP contribution in [0.4, 0.5) is 16.2 Å². The second kappa shape index (κ2) is 5.82. The molecule has 1 aromatic rings. The summed E-state index contributed by atoms with van der Waals surface area (Å²) in [5, 5.41) is 3.26. The zero-order chi connectivity index (χ0) is 14.9. The number of carbonyl (C=O) groups excluding carboxylic acids is 1. The van der Waals surface area contributed by atoms with Crippen molar-refractivity contribution in [1.29, 1.82) is 0 Å². The fourth-order valence-corrected chi connectivity index (χ4v) is 3.86. The number of fused-ring (bicyclic) bond motifs is 1. The van der Waals surface area contributed by atoms with Crippen molar-refractivity contribution >= 4 is 17.4 Å². The number of nitrogens with one attached hydrogen (secondary N) is 1. The molecular formula is C18H25N3O. The van der Waals surface area contributed by atoms with E-state index in [1.807, 2.05) is 11.0 Å². The first kappa shape index (κ1) is 13.9. The highest BCUT2D eigenvalue weighted by atomic mass is 16.2. The van der Waals surface area contributed by atoms with Gasteiger partial charge in [0, 0.05) is 25.2 Å². The largest absolute Gasteiger partial charge is 0.365 e. The van der Waals surface area contributed by atoms with Crippen molar-refractivity contribution in [2.45, 2.75) is 57.0 Å². The quantitative estimate of drug-likeness (QED) is 0.907. The van der Waals surface area contributed by atoms with Crippen LogP contribution in [0.25, 0.3) is 0 Å². The Morgan fingerprint density at radius 3 is 2.41 bits per heavy atom. The molecule has 4 heteroatoms. The molecule has 1 heterocycles. The minimum absolute atomic E-state index is 0.0924. The first-order valence-electron chi connectivity index (χ1n) is 8.76. The van der Waals surface area contributed by atoms with Gasteiger partial charge in [-0.25, -0.2) is 4.79 Å². The molecule has 0 radical (unpaired) electrons. The fourth-order valence-electron chi connectivity index (χ4n) is 3.86. The van der Waals surface area contributed by atoms with Crippen molar-refractivity contribution in [3.05, 3.63) is 24.3 Å². The molecule has 2 aliphatic carbocycles. The average molecular weight is 299 g/mol. The molecule has 2 fully saturated rings. The molecule has 3 aliphatic rings. The van der Waals surface area contributed by atoms with Crippen LogP contribution < -0.4 is 15.1 Å². The number of carbonyl (C=O) groups is 1. The van der Waals surface area contributed by atoms with E-state index in [0.717, 1.165) is 31.6 Å². The Kier molecular flexibility index (Phi) is 3.68. The number of hydrogen-bond donors (Lipinski definition) is 1. The standard InChI is InChI=1S/C18H25N3O/c22-18(19-14-6-2-1-3-7-14)21-13-12-20(15-10-11-15)16-8-4-5-9-17(16)21/h4-5,8-9,14-15H,1-3,6-7,10-13H2,(H,19,22). The molecule has 4 rings (SSSR count). The van der Waals surface area contributed by atoms with Gasteiger partial charge in [0.25, 0.3) is 0 Å².